The smallest absolute Gasteiger partial charge is 0.317 e. The number of aromatic nitrogens is 2. The van der Waals surface area contributed by atoms with Crippen LogP contribution in [0.15, 0.2) is 60.7 Å². The van der Waals surface area contributed by atoms with E-state index in [1.54, 1.807) is 29.8 Å². The van der Waals surface area contributed by atoms with Gasteiger partial charge in [0.05, 0.1) is 11.4 Å². The van der Waals surface area contributed by atoms with Gasteiger partial charge in [-0.3, -0.25) is 4.79 Å². The topological polar surface area (TPSA) is 79.3 Å². The summed E-state index contributed by atoms with van der Waals surface area (Å²) in [5.74, 6) is -0.288. The molecule has 0 bridgehead atoms. The number of amides is 3. The average Bonchev–Trinajstić information content (AvgIpc) is 3.17. The molecule has 0 fully saturated rings. The average molecular weight is 409 g/mol. The first kappa shape index (κ1) is 21.0. The zero-order chi connectivity index (χ0) is 21.5. The van der Waals surface area contributed by atoms with E-state index < -0.39 is 0 Å². The molecule has 2 aromatic carbocycles. The van der Waals surface area contributed by atoms with E-state index in [-0.39, 0.29) is 24.3 Å². The molecule has 30 heavy (non-hydrogen) atoms. The van der Waals surface area contributed by atoms with Crippen molar-refractivity contribution >= 4 is 17.8 Å². The molecule has 156 valence electrons. The molecule has 0 radical (unpaired) electrons. The summed E-state index contributed by atoms with van der Waals surface area (Å²) in [5, 5.41) is 10.1. The Hall–Kier alpha value is -3.68. The van der Waals surface area contributed by atoms with Gasteiger partial charge in [-0.25, -0.2) is 13.9 Å². The molecular weight excluding hydrogens is 385 g/mol. The predicted molar refractivity (Wildman–Crippen MR) is 114 cm³/mol. The second kappa shape index (κ2) is 9.69. The van der Waals surface area contributed by atoms with Crippen LogP contribution in [0.1, 0.15) is 13.8 Å². The van der Waals surface area contributed by atoms with E-state index in [0.717, 1.165) is 5.56 Å². The van der Waals surface area contributed by atoms with E-state index in [2.05, 4.69) is 15.7 Å². The van der Waals surface area contributed by atoms with Crippen molar-refractivity contribution in [2.24, 2.45) is 0 Å². The molecule has 0 atom stereocenters. The molecule has 3 rings (SSSR count). The van der Waals surface area contributed by atoms with Crippen LogP contribution in [0.4, 0.5) is 15.0 Å². The molecule has 7 nitrogen and oxygen atoms in total. The number of hydrogen-bond donors (Lipinski definition) is 2. The number of likely N-dealkylation sites (N-methyl/N-ethyl adjacent to an activating group) is 1. The molecule has 1 aromatic heterocycles. The predicted octanol–water partition coefficient (Wildman–Crippen LogP) is 3.67. The third-order valence-corrected chi connectivity index (χ3v) is 4.45. The highest BCUT2D eigenvalue weighted by molar-refractivity contribution is 5.94. The van der Waals surface area contributed by atoms with Crippen LogP contribution in [0.3, 0.4) is 0 Å². The summed E-state index contributed by atoms with van der Waals surface area (Å²) in [6, 6.07) is 16.8. The highest BCUT2D eigenvalue weighted by Crippen LogP contribution is 2.25. The number of nitrogens with zero attached hydrogens (tertiary/aromatic N) is 3. The molecular formula is C22H24FN5O2. The van der Waals surface area contributed by atoms with Gasteiger partial charge in [0.2, 0.25) is 5.91 Å². The van der Waals surface area contributed by atoms with Gasteiger partial charge >= 0.3 is 6.03 Å². The lowest BCUT2D eigenvalue weighted by molar-refractivity contribution is -0.116. The number of benzene rings is 2. The van der Waals surface area contributed by atoms with Crippen molar-refractivity contribution in [3.63, 3.8) is 0 Å². The lowest BCUT2D eigenvalue weighted by Crippen LogP contribution is -2.43. The van der Waals surface area contributed by atoms with Gasteiger partial charge < -0.3 is 15.5 Å². The summed E-state index contributed by atoms with van der Waals surface area (Å²) in [5.41, 5.74) is 2.14. The summed E-state index contributed by atoms with van der Waals surface area (Å²) in [7, 11) is 0. The van der Waals surface area contributed by atoms with Gasteiger partial charge in [-0.05, 0) is 38.1 Å². The minimum absolute atomic E-state index is 0.0996. The molecule has 1 heterocycles. The Balaban J connectivity index is 1.88. The lowest BCUT2D eigenvalue weighted by Gasteiger charge is -2.20. The Bertz CT molecular complexity index is 1000. The fourth-order valence-corrected chi connectivity index (χ4v) is 2.95. The molecule has 3 aromatic rings. The second-order valence-electron chi connectivity index (χ2n) is 6.57. The van der Waals surface area contributed by atoms with Crippen molar-refractivity contribution in [1.29, 1.82) is 0 Å². The van der Waals surface area contributed by atoms with Crippen LogP contribution in [-0.4, -0.2) is 46.3 Å². The molecule has 0 spiro atoms. The summed E-state index contributed by atoms with van der Waals surface area (Å²) >= 11 is 0. The first-order valence-electron chi connectivity index (χ1n) is 9.75. The molecule has 0 aliphatic rings. The molecule has 8 heteroatoms. The molecule has 0 unspecified atom stereocenters. The Morgan fingerprint density at radius 2 is 1.77 bits per heavy atom. The van der Waals surface area contributed by atoms with Crippen LogP contribution in [0, 0.1) is 5.82 Å². The minimum Gasteiger partial charge on any atom is -0.338 e. The van der Waals surface area contributed by atoms with E-state index in [4.69, 9.17) is 0 Å². The van der Waals surface area contributed by atoms with E-state index in [1.807, 2.05) is 37.3 Å². The van der Waals surface area contributed by atoms with Crippen LogP contribution >= 0.6 is 0 Å². The number of carbonyl (C=O) groups is 2. The standard InChI is InChI=1S/C22H24FN5O2/c1-3-24-22(30)27(4-2)15-21(29)25-20-14-19(16-8-6-5-7-9-16)26-28(20)18-12-10-17(23)11-13-18/h5-14H,3-4,15H2,1-2H3,(H,24,30)(H,25,29). The van der Waals surface area contributed by atoms with Gasteiger partial charge in [0.25, 0.3) is 0 Å². The lowest BCUT2D eigenvalue weighted by atomic mass is 10.1. The Kier molecular flexibility index (Phi) is 6.79. The molecule has 0 saturated carbocycles. The largest absolute Gasteiger partial charge is 0.338 e. The third kappa shape index (κ3) is 5.02. The Labute approximate surface area is 174 Å². The quantitative estimate of drug-likeness (QED) is 0.625. The maximum absolute atomic E-state index is 13.4. The number of hydrogen-bond acceptors (Lipinski definition) is 3. The van der Waals surface area contributed by atoms with Crippen molar-refractivity contribution in [2.75, 3.05) is 25.0 Å². The number of anilines is 1. The summed E-state index contributed by atoms with van der Waals surface area (Å²) in [6.45, 7) is 4.40. The monoisotopic (exact) mass is 409 g/mol. The fraction of sp³-hybridized carbons (Fsp3) is 0.227. The van der Waals surface area contributed by atoms with E-state index >= 15 is 0 Å². The number of carbonyl (C=O) groups excluding carboxylic acids is 2. The summed E-state index contributed by atoms with van der Waals surface area (Å²) in [4.78, 5) is 26.1. The SMILES string of the molecule is CCNC(=O)N(CC)CC(=O)Nc1cc(-c2ccccc2)nn1-c1ccc(F)cc1. The van der Waals surface area contributed by atoms with Gasteiger partial charge in [-0.1, -0.05) is 30.3 Å². The van der Waals surface area contributed by atoms with Crippen LogP contribution in [0.25, 0.3) is 16.9 Å². The number of urea groups is 1. The molecule has 0 aliphatic heterocycles. The van der Waals surface area contributed by atoms with Crippen LogP contribution in [0.5, 0.6) is 0 Å². The fourth-order valence-electron chi connectivity index (χ4n) is 2.95. The van der Waals surface area contributed by atoms with Gasteiger partial charge in [0.15, 0.2) is 0 Å². The highest BCUT2D eigenvalue weighted by Gasteiger charge is 2.18. The summed E-state index contributed by atoms with van der Waals surface area (Å²) in [6.07, 6.45) is 0. The molecule has 3 amide bonds. The van der Waals surface area contributed by atoms with E-state index in [9.17, 15) is 14.0 Å². The molecule has 2 N–H and O–H groups in total. The van der Waals surface area contributed by atoms with Crippen LogP contribution < -0.4 is 10.6 Å². The van der Waals surface area contributed by atoms with Crippen LogP contribution in [0.2, 0.25) is 0 Å². The van der Waals surface area contributed by atoms with E-state index in [1.165, 1.54) is 17.0 Å². The summed E-state index contributed by atoms with van der Waals surface area (Å²) < 4.78 is 14.9. The zero-order valence-electron chi connectivity index (χ0n) is 16.9. The molecule has 0 aliphatic carbocycles. The van der Waals surface area contributed by atoms with Crippen molar-refractivity contribution < 1.29 is 14.0 Å². The Morgan fingerprint density at radius 3 is 2.40 bits per heavy atom. The third-order valence-electron chi connectivity index (χ3n) is 4.45. The van der Waals surface area contributed by atoms with Gasteiger partial charge in [-0.2, -0.15) is 5.10 Å². The van der Waals surface area contributed by atoms with E-state index in [0.29, 0.717) is 30.3 Å². The van der Waals surface area contributed by atoms with Gasteiger partial charge in [0, 0.05) is 24.7 Å². The van der Waals surface area contributed by atoms with Gasteiger partial charge in [0.1, 0.15) is 18.2 Å². The van der Waals surface area contributed by atoms with Gasteiger partial charge in [-0.15, -0.1) is 0 Å². The molecule has 0 saturated heterocycles. The second-order valence-corrected chi connectivity index (χ2v) is 6.57. The first-order chi connectivity index (χ1) is 14.5. The van der Waals surface area contributed by atoms with Crippen molar-refractivity contribution in [1.82, 2.24) is 20.0 Å². The van der Waals surface area contributed by atoms with Crippen molar-refractivity contribution in [3.05, 3.63) is 66.5 Å². The number of halogens is 1. The van der Waals surface area contributed by atoms with Crippen molar-refractivity contribution in [3.8, 4) is 16.9 Å². The zero-order valence-corrected chi connectivity index (χ0v) is 16.9. The van der Waals surface area contributed by atoms with Crippen molar-refractivity contribution in [2.45, 2.75) is 13.8 Å². The highest BCUT2D eigenvalue weighted by atomic mass is 19.1. The normalized spacial score (nSPS) is 10.5. The minimum atomic E-state index is -0.361. The number of nitrogens with one attached hydrogen (secondary N) is 2. The van der Waals surface area contributed by atoms with Crippen LogP contribution in [-0.2, 0) is 4.79 Å². The maximum atomic E-state index is 13.4. The first-order valence-corrected chi connectivity index (χ1v) is 9.75. The maximum Gasteiger partial charge on any atom is 0.317 e. The number of rotatable bonds is 7. The Morgan fingerprint density at radius 1 is 1.07 bits per heavy atom.